The predicted octanol–water partition coefficient (Wildman–Crippen LogP) is 13.5. The van der Waals surface area contributed by atoms with E-state index in [1.807, 2.05) is 0 Å². The minimum Gasteiger partial charge on any atom is -0.465 e. The van der Waals surface area contributed by atoms with Gasteiger partial charge in [-0.1, -0.05) is 140 Å². The van der Waals surface area contributed by atoms with Gasteiger partial charge in [0.05, 0.1) is 19.8 Å². The first-order chi connectivity index (χ1) is 25.6. The van der Waals surface area contributed by atoms with Crippen LogP contribution < -0.4 is 0 Å². The van der Waals surface area contributed by atoms with Crippen molar-refractivity contribution in [3.05, 3.63) is 48.6 Å². The molecule has 0 aliphatic heterocycles. The molecule has 0 heterocycles. The second-order valence-corrected chi connectivity index (χ2v) is 15.1. The topological polar surface area (TPSA) is 48.0 Å². The molecule has 0 aliphatic rings. The van der Waals surface area contributed by atoms with E-state index in [1.54, 1.807) is 0 Å². The number of ether oxygens (including phenoxy) is 3. The quantitative estimate of drug-likeness (QED) is 0.0356. The fourth-order valence-electron chi connectivity index (χ4n) is 6.01. The summed E-state index contributed by atoms with van der Waals surface area (Å²) in [7, 11) is 4.13. The van der Waals surface area contributed by atoms with Gasteiger partial charge in [-0.15, -0.1) is 0 Å². The molecule has 0 aliphatic carbocycles. The van der Waals surface area contributed by atoms with Crippen molar-refractivity contribution >= 4 is 5.97 Å². The lowest BCUT2D eigenvalue weighted by Gasteiger charge is -2.18. The third-order valence-electron chi connectivity index (χ3n) is 9.40. The lowest BCUT2D eigenvalue weighted by Crippen LogP contribution is -2.24. The van der Waals surface area contributed by atoms with Crippen LogP contribution in [0.3, 0.4) is 0 Å². The summed E-state index contributed by atoms with van der Waals surface area (Å²) in [6.07, 6.45) is 51.0. The smallest absolute Gasteiger partial charge is 0.305 e. The van der Waals surface area contributed by atoms with E-state index in [4.69, 9.17) is 14.2 Å². The van der Waals surface area contributed by atoms with E-state index in [1.165, 1.54) is 128 Å². The number of esters is 1. The molecule has 0 saturated carbocycles. The second kappa shape index (κ2) is 43.7. The molecule has 0 atom stereocenters. The molecule has 304 valence electrons. The van der Waals surface area contributed by atoms with E-state index in [9.17, 15) is 4.79 Å². The lowest BCUT2D eigenvalue weighted by molar-refractivity contribution is -0.146. The minimum atomic E-state index is -0.0981. The van der Waals surface area contributed by atoms with Gasteiger partial charge in [0.15, 0.2) is 0 Å². The molecule has 5 nitrogen and oxygen atoms in total. The molecule has 52 heavy (non-hydrogen) atoms. The van der Waals surface area contributed by atoms with Crippen LogP contribution >= 0.6 is 0 Å². The molecule has 0 radical (unpaired) electrons. The Morgan fingerprint density at radius 3 is 1.31 bits per heavy atom. The maximum absolute atomic E-state index is 12.3. The Balaban J connectivity index is 4.02. The van der Waals surface area contributed by atoms with Crippen LogP contribution in [-0.4, -0.2) is 64.5 Å². The number of hydrogen-bond donors (Lipinski definition) is 0. The summed E-state index contributed by atoms with van der Waals surface area (Å²) in [4.78, 5) is 14.5. The van der Waals surface area contributed by atoms with Gasteiger partial charge in [0.2, 0.25) is 0 Å². The summed E-state index contributed by atoms with van der Waals surface area (Å²) in [6.45, 7) is 8.64. The van der Waals surface area contributed by atoms with Crippen LogP contribution in [-0.2, 0) is 19.0 Å². The summed E-state index contributed by atoms with van der Waals surface area (Å²) in [5.41, 5.74) is 0. The molecule has 0 saturated heterocycles. The van der Waals surface area contributed by atoms with E-state index >= 15 is 0 Å². The van der Waals surface area contributed by atoms with Gasteiger partial charge in [0.25, 0.3) is 0 Å². The molecule has 0 spiro atoms. The van der Waals surface area contributed by atoms with Crippen molar-refractivity contribution in [2.24, 2.45) is 5.92 Å². The maximum Gasteiger partial charge on any atom is 0.305 e. The molecule has 0 aromatic rings. The average Bonchev–Trinajstić information content (AvgIpc) is 3.14. The molecule has 0 rings (SSSR count). The van der Waals surface area contributed by atoms with Crippen LogP contribution in [0.4, 0.5) is 0 Å². The Morgan fingerprint density at radius 1 is 0.481 bits per heavy atom. The Kier molecular flexibility index (Phi) is 42.3. The van der Waals surface area contributed by atoms with Gasteiger partial charge in [-0.3, -0.25) is 4.79 Å². The Hall–Kier alpha value is -1.69. The first-order valence-electron chi connectivity index (χ1n) is 22.2. The van der Waals surface area contributed by atoms with Gasteiger partial charge in [-0.05, 0) is 111 Å². The highest BCUT2D eigenvalue weighted by molar-refractivity contribution is 5.69. The zero-order valence-electron chi connectivity index (χ0n) is 35.1. The van der Waals surface area contributed by atoms with Crippen molar-refractivity contribution in [2.45, 2.75) is 187 Å². The molecule has 0 unspecified atom stereocenters. The number of hydrogen-bond acceptors (Lipinski definition) is 5. The number of carbonyl (C=O) groups is 1. The SMILES string of the molecule is CCCCC/C=C\C/C=C\CCCCCCCCOCC(COCCCCCCCC/C=C\C/C=C\CCCCC)COC(=O)CCCCN(C)C. The van der Waals surface area contributed by atoms with Crippen molar-refractivity contribution in [1.82, 2.24) is 4.90 Å². The van der Waals surface area contributed by atoms with Gasteiger partial charge < -0.3 is 19.1 Å². The van der Waals surface area contributed by atoms with Crippen LogP contribution in [0.25, 0.3) is 0 Å². The third-order valence-corrected chi connectivity index (χ3v) is 9.40. The number of unbranched alkanes of at least 4 members (excludes halogenated alkanes) is 19. The van der Waals surface area contributed by atoms with Crippen molar-refractivity contribution < 1.29 is 19.0 Å². The van der Waals surface area contributed by atoms with Gasteiger partial charge in [-0.25, -0.2) is 0 Å². The van der Waals surface area contributed by atoms with Crippen LogP contribution in [0.1, 0.15) is 187 Å². The first-order valence-corrected chi connectivity index (χ1v) is 22.2. The molecule has 0 bridgehead atoms. The normalized spacial score (nSPS) is 12.3. The molecular formula is C47H87NO4. The van der Waals surface area contributed by atoms with Crippen molar-refractivity contribution in [3.8, 4) is 0 Å². The van der Waals surface area contributed by atoms with Crippen molar-refractivity contribution in [1.29, 1.82) is 0 Å². The van der Waals surface area contributed by atoms with Gasteiger partial charge in [0.1, 0.15) is 0 Å². The molecule has 0 N–H and O–H groups in total. The molecule has 0 amide bonds. The fourth-order valence-corrected chi connectivity index (χ4v) is 6.01. The zero-order chi connectivity index (χ0) is 37.8. The Labute approximate surface area is 324 Å². The number of carbonyl (C=O) groups excluding carboxylic acids is 1. The number of allylic oxidation sites excluding steroid dienone is 8. The number of rotatable bonds is 41. The van der Waals surface area contributed by atoms with E-state index in [2.05, 4.69) is 81.5 Å². The highest BCUT2D eigenvalue weighted by Gasteiger charge is 2.13. The number of nitrogens with zero attached hydrogens (tertiary/aromatic N) is 1. The van der Waals surface area contributed by atoms with Gasteiger partial charge in [-0.2, -0.15) is 0 Å². The van der Waals surface area contributed by atoms with E-state index in [-0.39, 0.29) is 11.9 Å². The fraction of sp³-hybridized carbons (Fsp3) is 0.809. The zero-order valence-corrected chi connectivity index (χ0v) is 35.1. The summed E-state index contributed by atoms with van der Waals surface area (Å²) in [6, 6.07) is 0. The Bertz CT molecular complexity index is 781. The lowest BCUT2D eigenvalue weighted by atomic mass is 10.1. The van der Waals surface area contributed by atoms with Crippen LogP contribution in [0.5, 0.6) is 0 Å². The Morgan fingerprint density at radius 2 is 0.885 bits per heavy atom. The minimum absolute atomic E-state index is 0.0972. The summed E-state index contributed by atoms with van der Waals surface area (Å²) >= 11 is 0. The maximum atomic E-state index is 12.3. The summed E-state index contributed by atoms with van der Waals surface area (Å²) in [5, 5.41) is 0. The van der Waals surface area contributed by atoms with Crippen molar-refractivity contribution in [3.63, 3.8) is 0 Å². The summed E-state index contributed by atoms with van der Waals surface area (Å²) < 4.78 is 17.8. The van der Waals surface area contributed by atoms with Crippen LogP contribution in [0.2, 0.25) is 0 Å². The molecule has 0 fully saturated rings. The third kappa shape index (κ3) is 42.7. The molecule has 0 aromatic carbocycles. The van der Waals surface area contributed by atoms with E-state index < -0.39 is 0 Å². The van der Waals surface area contributed by atoms with Crippen LogP contribution in [0, 0.1) is 5.92 Å². The summed E-state index contributed by atoms with van der Waals surface area (Å²) in [5.74, 6) is -0.000969. The van der Waals surface area contributed by atoms with E-state index in [0.29, 0.717) is 26.2 Å². The molecule has 5 heteroatoms. The van der Waals surface area contributed by atoms with Gasteiger partial charge in [0, 0.05) is 25.6 Å². The van der Waals surface area contributed by atoms with Crippen LogP contribution in [0.15, 0.2) is 48.6 Å². The highest BCUT2D eigenvalue weighted by Crippen LogP contribution is 2.11. The van der Waals surface area contributed by atoms with Gasteiger partial charge >= 0.3 is 5.97 Å². The monoisotopic (exact) mass is 730 g/mol. The van der Waals surface area contributed by atoms with E-state index in [0.717, 1.165) is 58.3 Å². The predicted molar refractivity (Wildman–Crippen MR) is 227 cm³/mol. The molecule has 0 aromatic heterocycles. The van der Waals surface area contributed by atoms with Crippen molar-refractivity contribution in [2.75, 3.05) is 53.7 Å². The molecular weight excluding hydrogens is 643 g/mol. The first kappa shape index (κ1) is 50.3. The highest BCUT2D eigenvalue weighted by atomic mass is 16.5. The standard InChI is InChI=1S/C47H87NO4/c1-5-7-9-11-13-15-17-19-21-23-25-27-29-31-33-37-41-50-43-46(45-52-47(49)39-35-36-40-48(3)4)44-51-42-38-34-32-30-28-26-24-22-20-18-16-14-12-10-8-6-2/h13-16,19-22,46H,5-12,17-18,23-45H2,1-4H3/b15-13-,16-14-,21-19-,22-20-. The second-order valence-electron chi connectivity index (χ2n) is 15.1. The largest absolute Gasteiger partial charge is 0.465 e. The average molecular weight is 730 g/mol.